The zero-order chi connectivity index (χ0) is 28.3. The molecule has 1 fully saturated rings. The van der Waals surface area contributed by atoms with E-state index in [0.29, 0.717) is 11.3 Å². The minimum absolute atomic E-state index is 0.139. The fraction of sp³-hybridized carbons (Fsp3) is 0.344. The molecule has 0 aromatic heterocycles. The van der Waals surface area contributed by atoms with E-state index in [1.807, 2.05) is 66.7 Å². The highest BCUT2D eigenvalue weighted by Crippen LogP contribution is 2.41. The molecule has 4 rings (SSSR count). The number of anilines is 1. The van der Waals surface area contributed by atoms with Crippen LogP contribution in [0.3, 0.4) is 0 Å². The third-order valence-corrected chi connectivity index (χ3v) is 6.79. The number of nitrogens with zero attached hydrogens (tertiary/aromatic N) is 1. The molecule has 7 heteroatoms. The summed E-state index contributed by atoms with van der Waals surface area (Å²) >= 11 is 0. The lowest BCUT2D eigenvalue weighted by Crippen LogP contribution is -2.52. The van der Waals surface area contributed by atoms with Gasteiger partial charge in [-0.25, -0.2) is 4.79 Å². The molecule has 0 radical (unpaired) electrons. The summed E-state index contributed by atoms with van der Waals surface area (Å²) < 4.78 is 5.36. The molecule has 1 saturated carbocycles. The van der Waals surface area contributed by atoms with Gasteiger partial charge in [0.15, 0.2) is 0 Å². The van der Waals surface area contributed by atoms with Crippen molar-refractivity contribution in [1.82, 2.24) is 10.2 Å². The SMILES string of the molecule is C=Cc1cccc(C(C(=O)Nc2ccc3ccccc3c2)N(C(=O)C(C)NC(=O)OC(C)(C)C)C2CC2C)c1. The number of alkyl carbamates (subject to hydrolysis) is 1. The maximum absolute atomic E-state index is 14.0. The number of benzene rings is 3. The molecule has 7 nitrogen and oxygen atoms in total. The van der Waals surface area contributed by atoms with E-state index in [1.54, 1.807) is 38.7 Å². The summed E-state index contributed by atoms with van der Waals surface area (Å²) in [5, 5.41) is 7.76. The van der Waals surface area contributed by atoms with Crippen LogP contribution in [-0.4, -0.2) is 40.5 Å². The Kier molecular flexibility index (Phi) is 8.09. The van der Waals surface area contributed by atoms with Crippen molar-refractivity contribution in [3.8, 4) is 0 Å². The van der Waals surface area contributed by atoms with Gasteiger partial charge in [-0.15, -0.1) is 0 Å². The van der Waals surface area contributed by atoms with Crippen LogP contribution >= 0.6 is 0 Å². The van der Waals surface area contributed by atoms with Crippen LogP contribution in [0.25, 0.3) is 16.8 Å². The van der Waals surface area contributed by atoms with Crippen molar-refractivity contribution >= 4 is 40.4 Å². The molecule has 3 aromatic rings. The average Bonchev–Trinajstić information content (AvgIpc) is 3.60. The van der Waals surface area contributed by atoms with Gasteiger partial charge < -0.3 is 20.3 Å². The minimum atomic E-state index is -0.915. The smallest absolute Gasteiger partial charge is 0.408 e. The van der Waals surface area contributed by atoms with Gasteiger partial charge in [0.1, 0.15) is 17.7 Å². The summed E-state index contributed by atoms with van der Waals surface area (Å²) in [6.45, 7) is 12.8. The first-order chi connectivity index (χ1) is 18.5. The van der Waals surface area contributed by atoms with Gasteiger partial charge in [-0.05, 0) is 80.1 Å². The Morgan fingerprint density at radius 2 is 1.72 bits per heavy atom. The number of carbonyl (C=O) groups excluding carboxylic acids is 3. The van der Waals surface area contributed by atoms with Crippen molar-refractivity contribution < 1.29 is 19.1 Å². The van der Waals surface area contributed by atoms with Gasteiger partial charge in [0, 0.05) is 11.7 Å². The van der Waals surface area contributed by atoms with Crippen molar-refractivity contribution in [2.75, 3.05) is 5.32 Å². The Labute approximate surface area is 230 Å². The van der Waals surface area contributed by atoms with E-state index in [4.69, 9.17) is 4.74 Å². The normalized spacial score (nSPS) is 18.0. The molecular weight excluding hydrogens is 490 g/mol. The summed E-state index contributed by atoms with van der Waals surface area (Å²) in [7, 11) is 0. The Morgan fingerprint density at radius 1 is 1.03 bits per heavy atom. The number of fused-ring (bicyclic) bond motifs is 1. The Hall–Kier alpha value is -4.13. The maximum atomic E-state index is 14.0. The van der Waals surface area contributed by atoms with Gasteiger partial charge in [-0.3, -0.25) is 9.59 Å². The van der Waals surface area contributed by atoms with Crippen LogP contribution in [0.4, 0.5) is 10.5 Å². The first-order valence-corrected chi connectivity index (χ1v) is 13.3. The van der Waals surface area contributed by atoms with Crippen molar-refractivity contribution in [3.05, 3.63) is 84.4 Å². The van der Waals surface area contributed by atoms with Gasteiger partial charge in [0.05, 0.1) is 0 Å². The average molecular weight is 528 g/mol. The van der Waals surface area contributed by atoms with Gasteiger partial charge in [0.2, 0.25) is 5.91 Å². The Morgan fingerprint density at radius 3 is 2.36 bits per heavy atom. The van der Waals surface area contributed by atoms with Crippen LogP contribution in [-0.2, 0) is 14.3 Å². The number of nitrogens with one attached hydrogen (secondary N) is 2. The second-order valence-corrected chi connectivity index (χ2v) is 11.2. The molecule has 3 aromatic carbocycles. The number of ether oxygens (including phenoxy) is 1. The molecular formula is C32H37N3O4. The molecule has 204 valence electrons. The third kappa shape index (κ3) is 6.85. The highest BCUT2D eigenvalue weighted by molar-refractivity contribution is 6.00. The first-order valence-electron chi connectivity index (χ1n) is 13.3. The fourth-order valence-corrected chi connectivity index (χ4v) is 4.71. The van der Waals surface area contributed by atoms with E-state index in [9.17, 15) is 14.4 Å². The topological polar surface area (TPSA) is 87.7 Å². The van der Waals surface area contributed by atoms with Crippen molar-refractivity contribution in [2.24, 2.45) is 5.92 Å². The fourth-order valence-electron chi connectivity index (χ4n) is 4.71. The Bertz CT molecular complexity index is 1390. The molecule has 1 aliphatic carbocycles. The summed E-state index contributed by atoms with van der Waals surface area (Å²) in [6, 6.07) is 19.2. The lowest BCUT2D eigenvalue weighted by Gasteiger charge is -2.34. The van der Waals surface area contributed by atoms with Crippen LogP contribution in [0.5, 0.6) is 0 Å². The minimum Gasteiger partial charge on any atom is -0.444 e. The van der Waals surface area contributed by atoms with Gasteiger partial charge in [-0.1, -0.05) is 68.1 Å². The van der Waals surface area contributed by atoms with Crippen molar-refractivity contribution in [3.63, 3.8) is 0 Å². The molecule has 4 unspecified atom stereocenters. The maximum Gasteiger partial charge on any atom is 0.408 e. The zero-order valence-electron chi connectivity index (χ0n) is 23.2. The quantitative estimate of drug-likeness (QED) is 0.359. The standard InChI is InChI=1S/C32H37N3O4/c1-7-22-11-10-14-25(18-22)28(29(36)34-26-16-15-23-12-8-9-13-24(23)19-26)35(27-17-20(27)2)30(37)21(3)33-31(38)39-32(4,5)6/h7-16,18-21,27-28H,1,17H2,2-6H3,(H,33,38)(H,34,36). The predicted octanol–water partition coefficient (Wildman–Crippen LogP) is 6.31. The van der Waals surface area contributed by atoms with E-state index >= 15 is 0 Å². The molecule has 0 spiro atoms. The van der Waals surface area contributed by atoms with Crippen molar-refractivity contribution in [2.45, 2.75) is 64.8 Å². The second-order valence-electron chi connectivity index (χ2n) is 11.2. The number of rotatable bonds is 8. The monoisotopic (exact) mass is 527 g/mol. The molecule has 0 bridgehead atoms. The number of carbonyl (C=O) groups is 3. The molecule has 3 amide bonds. The first kappa shape index (κ1) is 27.9. The highest BCUT2D eigenvalue weighted by atomic mass is 16.6. The van der Waals surface area contributed by atoms with E-state index in [1.165, 1.54) is 0 Å². The van der Waals surface area contributed by atoms with E-state index < -0.39 is 23.8 Å². The molecule has 0 aliphatic heterocycles. The van der Waals surface area contributed by atoms with Crippen molar-refractivity contribution in [1.29, 1.82) is 0 Å². The van der Waals surface area contributed by atoms with Gasteiger partial charge in [0.25, 0.3) is 5.91 Å². The molecule has 1 aliphatic rings. The summed E-state index contributed by atoms with van der Waals surface area (Å²) in [4.78, 5) is 42.0. The number of hydrogen-bond acceptors (Lipinski definition) is 4. The molecule has 0 saturated heterocycles. The van der Waals surface area contributed by atoms with Crippen LogP contribution in [0.2, 0.25) is 0 Å². The lowest BCUT2D eigenvalue weighted by atomic mass is 10.00. The lowest BCUT2D eigenvalue weighted by molar-refractivity contribution is -0.141. The third-order valence-electron chi connectivity index (χ3n) is 6.79. The predicted molar refractivity (Wildman–Crippen MR) is 155 cm³/mol. The summed E-state index contributed by atoms with van der Waals surface area (Å²) in [5.41, 5.74) is 1.44. The second kappa shape index (κ2) is 11.3. The zero-order valence-corrected chi connectivity index (χ0v) is 23.2. The van der Waals surface area contributed by atoms with E-state index in [-0.39, 0.29) is 23.8 Å². The molecule has 39 heavy (non-hydrogen) atoms. The van der Waals surface area contributed by atoms with E-state index in [2.05, 4.69) is 24.1 Å². The molecule has 0 heterocycles. The highest BCUT2D eigenvalue weighted by Gasteiger charge is 2.47. The summed E-state index contributed by atoms with van der Waals surface area (Å²) in [5.74, 6) is -0.456. The van der Waals surface area contributed by atoms with E-state index in [0.717, 1.165) is 22.8 Å². The molecule has 4 atom stereocenters. The van der Waals surface area contributed by atoms with Crippen LogP contribution in [0.1, 0.15) is 58.2 Å². The number of amides is 3. The van der Waals surface area contributed by atoms with Gasteiger partial charge >= 0.3 is 6.09 Å². The number of hydrogen-bond donors (Lipinski definition) is 2. The van der Waals surface area contributed by atoms with Crippen LogP contribution in [0.15, 0.2) is 73.3 Å². The van der Waals surface area contributed by atoms with Crippen LogP contribution < -0.4 is 10.6 Å². The summed E-state index contributed by atoms with van der Waals surface area (Å²) in [6.07, 6.45) is 1.80. The molecule has 2 N–H and O–H groups in total. The Balaban J connectivity index is 1.68. The van der Waals surface area contributed by atoms with Gasteiger partial charge in [-0.2, -0.15) is 0 Å². The van der Waals surface area contributed by atoms with Crippen LogP contribution in [0, 0.1) is 5.92 Å². The largest absolute Gasteiger partial charge is 0.444 e.